The van der Waals surface area contributed by atoms with Crippen LogP contribution in [0.25, 0.3) is 10.9 Å². The van der Waals surface area contributed by atoms with E-state index in [-0.39, 0.29) is 0 Å². The molecule has 0 atom stereocenters. The highest BCUT2D eigenvalue weighted by molar-refractivity contribution is 9.10. The molecule has 0 aliphatic heterocycles. The molecule has 1 heterocycles. The first-order valence-electron chi connectivity index (χ1n) is 5.74. The van der Waals surface area contributed by atoms with Crippen LogP contribution >= 0.6 is 15.9 Å². The third-order valence-electron chi connectivity index (χ3n) is 3.16. The Morgan fingerprint density at radius 3 is 2.88 bits per heavy atom. The van der Waals surface area contributed by atoms with E-state index < -0.39 is 0 Å². The minimum Gasteiger partial charge on any atom is -0.488 e. The molecule has 0 amide bonds. The fourth-order valence-electron chi connectivity index (χ4n) is 1.95. The van der Waals surface area contributed by atoms with Gasteiger partial charge in [-0.1, -0.05) is 0 Å². The SMILES string of the molecule is Nc1ccc(OC2CCC2)c2ncc(Br)cc12. The molecular weight excluding hydrogens is 280 g/mol. The second-order valence-corrected chi connectivity index (χ2v) is 5.29. The zero-order valence-electron chi connectivity index (χ0n) is 9.32. The minimum atomic E-state index is 0.354. The molecule has 2 aromatic rings. The van der Waals surface area contributed by atoms with Crippen molar-refractivity contribution in [3.05, 3.63) is 28.9 Å². The van der Waals surface area contributed by atoms with E-state index in [0.29, 0.717) is 6.10 Å². The number of nitrogens with two attached hydrogens (primary N) is 1. The van der Waals surface area contributed by atoms with Crippen LogP contribution < -0.4 is 10.5 Å². The summed E-state index contributed by atoms with van der Waals surface area (Å²) in [5.41, 5.74) is 7.53. The van der Waals surface area contributed by atoms with Crippen LogP contribution in [0.4, 0.5) is 5.69 Å². The van der Waals surface area contributed by atoms with Gasteiger partial charge in [-0.3, -0.25) is 4.98 Å². The first-order chi connectivity index (χ1) is 8.24. The summed E-state index contributed by atoms with van der Waals surface area (Å²) in [6, 6.07) is 5.77. The fourth-order valence-corrected chi connectivity index (χ4v) is 2.28. The third kappa shape index (κ3) is 1.97. The Hall–Kier alpha value is -1.29. The summed E-state index contributed by atoms with van der Waals surface area (Å²) < 4.78 is 6.85. The third-order valence-corrected chi connectivity index (χ3v) is 3.59. The molecule has 1 saturated carbocycles. The van der Waals surface area contributed by atoms with Crippen LogP contribution in [0.1, 0.15) is 19.3 Å². The highest BCUT2D eigenvalue weighted by Crippen LogP contribution is 2.33. The Bertz CT molecular complexity index is 567. The maximum absolute atomic E-state index is 5.95. The van der Waals surface area contributed by atoms with Gasteiger partial charge in [-0.05, 0) is 53.4 Å². The molecule has 3 nitrogen and oxygen atoms in total. The molecule has 0 bridgehead atoms. The summed E-state index contributed by atoms with van der Waals surface area (Å²) in [6.07, 6.45) is 5.67. The number of hydrogen-bond acceptors (Lipinski definition) is 3. The van der Waals surface area contributed by atoms with Crippen molar-refractivity contribution in [2.45, 2.75) is 25.4 Å². The number of hydrogen-bond donors (Lipinski definition) is 1. The van der Waals surface area contributed by atoms with Crippen LogP contribution in [0, 0.1) is 0 Å². The van der Waals surface area contributed by atoms with Gasteiger partial charge in [-0.2, -0.15) is 0 Å². The molecular formula is C13H13BrN2O. The van der Waals surface area contributed by atoms with E-state index in [4.69, 9.17) is 10.5 Å². The summed E-state index contributed by atoms with van der Waals surface area (Å²) in [7, 11) is 0. The largest absolute Gasteiger partial charge is 0.488 e. The molecule has 1 aliphatic carbocycles. The Labute approximate surface area is 108 Å². The lowest BCUT2D eigenvalue weighted by Crippen LogP contribution is -2.24. The van der Waals surface area contributed by atoms with Crippen molar-refractivity contribution in [3.63, 3.8) is 0 Å². The van der Waals surface area contributed by atoms with Crippen LogP contribution in [0.5, 0.6) is 5.75 Å². The number of nitrogens with zero attached hydrogens (tertiary/aromatic N) is 1. The lowest BCUT2D eigenvalue weighted by Gasteiger charge is -2.26. The lowest BCUT2D eigenvalue weighted by molar-refractivity contribution is 0.122. The van der Waals surface area contributed by atoms with Crippen molar-refractivity contribution < 1.29 is 4.74 Å². The van der Waals surface area contributed by atoms with E-state index in [1.165, 1.54) is 6.42 Å². The summed E-state index contributed by atoms with van der Waals surface area (Å²) in [6.45, 7) is 0. The van der Waals surface area contributed by atoms with E-state index in [0.717, 1.165) is 39.7 Å². The molecule has 1 fully saturated rings. The van der Waals surface area contributed by atoms with Crippen molar-refractivity contribution in [1.82, 2.24) is 4.98 Å². The van der Waals surface area contributed by atoms with Crippen LogP contribution in [-0.2, 0) is 0 Å². The van der Waals surface area contributed by atoms with Crippen molar-refractivity contribution >= 4 is 32.5 Å². The molecule has 17 heavy (non-hydrogen) atoms. The smallest absolute Gasteiger partial charge is 0.146 e. The minimum absolute atomic E-state index is 0.354. The maximum atomic E-state index is 5.95. The molecule has 0 radical (unpaired) electrons. The fraction of sp³-hybridized carbons (Fsp3) is 0.308. The van der Waals surface area contributed by atoms with Gasteiger partial charge in [0.05, 0.1) is 6.10 Å². The van der Waals surface area contributed by atoms with E-state index >= 15 is 0 Å². The Morgan fingerprint density at radius 1 is 1.35 bits per heavy atom. The summed E-state index contributed by atoms with van der Waals surface area (Å²) in [4.78, 5) is 4.40. The first-order valence-corrected chi connectivity index (χ1v) is 6.54. The van der Waals surface area contributed by atoms with Crippen LogP contribution in [0.3, 0.4) is 0 Å². The van der Waals surface area contributed by atoms with Gasteiger partial charge in [0.1, 0.15) is 11.3 Å². The van der Waals surface area contributed by atoms with Crippen LogP contribution in [0.15, 0.2) is 28.9 Å². The average molecular weight is 293 g/mol. The predicted molar refractivity (Wildman–Crippen MR) is 72.1 cm³/mol. The van der Waals surface area contributed by atoms with E-state index in [1.807, 2.05) is 18.2 Å². The molecule has 1 aliphatic rings. The molecule has 0 saturated heterocycles. The Morgan fingerprint density at radius 2 is 2.18 bits per heavy atom. The van der Waals surface area contributed by atoms with Gasteiger partial charge in [-0.25, -0.2) is 0 Å². The van der Waals surface area contributed by atoms with Gasteiger partial charge < -0.3 is 10.5 Å². The summed E-state index contributed by atoms with van der Waals surface area (Å²) >= 11 is 3.41. The van der Waals surface area contributed by atoms with Gasteiger partial charge in [0, 0.05) is 21.7 Å². The van der Waals surface area contributed by atoms with Crippen molar-refractivity contribution in [3.8, 4) is 5.75 Å². The number of pyridine rings is 1. The predicted octanol–water partition coefficient (Wildman–Crippen LogP) is 3.51. The number of nitrogen functional groups attached to an aromatic ring is 1. The van der Waals surface area contributed by atoms with Crippen molar-refractivity contribution in [2.24, 2.45) is 0 Å². The van der Waals surface area contributed by atoms with Gasteiger partial charge in [0.15, 0.2) is 0 Å². The van der Waals surface area contributed by atoms with Gasteiger partial charge >= 0.3 is 0 Å². The van der Waals surface area contributed by atoms with Crippen LogP contribution in [-0.4, -0.2) is 11.1 Å². The van der Waals surface area contributed by atoms with E-state index in [9.17, 15) is 0 Å². The van der Waals surface area contributed by atoms with Gasteiger partial charge in [0.25, 0.3) is 0 Å². The molecule has 1 aromatic carbocycles. The first kappa shape index (κ1) is 10.8. The second-order valence-electron chi connectivity index (χ2n) is 4.37. The number of aromatic nitrogens is 1. The molecule has 2 N–H and O–H groups in total. The monoisotopic (exact) mass is 292 g/mol. The zero-order valence-corrected chi connectivity index (χ0v) is 10.9. The molecule has 88 valence electrons. The van der Waals surface area contributed by atoms with E-state index in [2.05, 4.69) is 20.9 Å². The number of benzene rings is 1. The number of rotatable bonds is 2. The summed E-state index contributed by atoms with van der Waals surface area (Å²) in [5, 5.41) is 0.941. The maximum Gasteiger partial charge on any atom is 0.146 e. The Balaban J connectivity index is 2.08. The summed E-state index contributed by atoms with van der Waals surface area (Å²) in [5.74, 6) is 0.839. The molecule has 0 unspecified atom stereocenters. The van der Waals surface area contributed by atoms with Crippen molar-refractivity contribution in [2.75, 3.05) is 5.73 Å². The quantitative estimate of drug-likeness (QED) is 0.862. The number of anilines is 1. The topological polar surface area (TPSA) is 48.1 Å². The number of ether oxygens (including phenoxy) is 1. The van der Waals surface area contributed by atoms with Gasteiger partial charge in [0.2, 0.25) is 0 Å². The molecule has 4 heteroatoms. The number of halogens is 1. The Kier molecular flexibility index (Phi) is 2.67. The molecule has 0 spiro atoms. The molecule has 3 rings (SSSR count). The standard InChI is InChI=1S/C13H13BrN2O/c14-8-6-10-11(15)4-5-12(13(10)16-7-8)17-9-2-1-3-9/h4-7,9H,1-3,15H2. The number of fused-ring (bicyclic) bond motifs is 1. The zero-order chi connectivity index (χ0) is 11.8. The van der Waals surface area contributed by atoms with Crippen LogP contribution in [0.2, 0.25) is 0 Å². The molecule has 1 aromatic heterocycles. The second kappa shape index (κ2) is 4.18. The highest BCUT2D eigenvalue weighted by atomic mass is 79.9. The normalized spacial score (nSPS) is 15.8. The van der Waals surface area contributed by atoms with E-state index in [1.54, 1.807) is 6.20 Å². The highest BCUT2D eigenvalue weighted by Gasteiger charge is 2.20. The van der Waals surface area contributed by atoms with Crippen molar-refractivity contribution in [1.29, 1.82) is 0 Å². The van der Waals surface area contributed by atoms with Gasteiger partial charge in [-0.15, -0.1) is 0 Å². The average Bonchev–Trinajstić information content (AvgIpc) is 2.26. The lowest BCUT2D eigenvalue weighted by atomic mass is 9.96.